The smallest absolute Gasteiger partial charge is 0.0641 e. The Morgan fingerprint density at radius 1 is 0.141 bits per heavy atom. The minimum atomic E-state index is -0.0736. The van der Waals surface area contributed by atoms with Gasteiger partial charge in [0.05, 0.1) is 66.2 Å². The zero-order chi connectivity index (χ0) is 89.8. The van der Waals surface area contributed by atoms with Crippen molar-refractivity contribution < 1.29 is 0 Å². The van der Waals surface area contributed by atoms with Crippen molar-refractivity contribution in [1.82, 2.24) is 27.4 Å². The van der Waals surface area contributed by atoms with Gasteiger partial charge in [0.2, 0.25) is 0 Å². The predicted molar refractivity (Wildman–Crippen MR) is 569 cm³/mol. The van der Waals surface area contributed by atoms with Gasteiger partial charge in [-0.15, -0.1) is 0 Å². The average Bonchev–Trinajstić information content (AvgIpc) is 1.54. The Morgan fingerprint density at radius 2 is 0.385 bits per heavy atom. The Hall–Kier alpha value is -16.8. The number of fused-ring (bicyclic) bond motifs is 30. The van der Waals surface area contributed by atoms with E-state index < -0.39 is 0 Å². The van der Waals surface area contributed by atoms with Gasteiger partial charge in [0, 0.05) is 115 Å². The molecule has 0 atom stereocenters. The summed E-state index contributed by atoms with van der Waals surface area (Å²) in [5, 5.41) is 15.3. The average molecular weight is 1730 g/mol. The van der Waals surface area contributed by atoms with Gasteiger partial charge in [0.25, 0.3) is 0 Å². The highest BCUT2D eigenvalue weighted by Crippen LogP contribution is 2.55. The lowest BCUT2D eigenvalue weighted by Crippen LogP contribution is -2.15. The van der Waals surface area contributed by atoms with Gasteiger partial charge < -0.3 is 27.4 Å². The molecule has 0 saturated carbocycles. The van der Waals surface area contributed by atoms with Crippen molar-refractivity contribution in [3.8, 4) is 89.8 Å². The lowest BCUT2D eigenvalue weighted by atomic mass is 9.82. The van der Waals surface area contributed by atoms with Gasteiger partial charge in [-0.25, -0.2) is 0 Å². The zero-order valence-electron chi connectivity index (χ0n) is 75.9. The van der Waals surface area contributed by atoms with Crippen LogP contribution in [0.5, 0.6) is 0 Å². The third kappa shape index (κ3) is 11.5. The van der Waals surface area contributed by atoms with E-state index in [2.05, 4.69) is 518 Å². The fourth-order valence-electron chi connectivity index (χ4n) is 24.1. The summed E-state index contributed by atoms with van der Waals surface area (Å²) in [5.74, 6) is 0. The van der Waals surface area contributed by atoms with Gasteiger partial charge in [0.1, 0.15) is 0 Å². The number of nitrogens with zero attached hydrogens (tertiary/aromatic N) is 6. The summed E-state index contributed by atoms with van der Waals surface area (Å²) in [5.41, 5.74) is 43.0. The second-order valence-electron chi connectivity index (χ2n) is 38.5. The van der Waals surface area contributed by atoms with Gasteiger partial charge in [-0.2, -0.15) is 0 Å². The summed E-state index contributed by atoms with van der Waals surface area (Å²) in [6.07, 6.45) is 0. The third-order valence-electron chi connectivity index (χ3n) is 30.3. The first kappa shape index (κ1) is 78.1. The first-order chi connectivity index (χ1) is 66.3. The molecule has 135 heavy (non-hydrogen) atoms. The predicted octanol–water partition coefficient (Wildman–Crippen LogP) is 33.9. The molecule has 0 fully saturated rings. The fourth-order valence-corrected chi connectivity index (χ4v) is 24.1. The van der Waals surface area contributed by atoms with Crippen LogP contribution in [-0.2, 0) is 16.2 Å². The molecule has 0 spiro atoms. The zero-order valence-corrected chi connectivity index (χ0v) is 75.9. The van der Waals surface area contributed by atoms with E-state index in [9.17, 15) is 0 Å². The first-order valence-electron chi connectivity index (χ1n) is 47.3. The van der Waals surface area contributed by atoms with Crippen molar-refractivity contribution in [2.75, 3.05) is 0 Å². The van der Waals surface area contributed by atoms with Crippen LogP contribution in [0.3, 0.4) is 0 Å². The minimum absolute atomic E-state index is 0.0562. The van der Waals surface area contributed by atoms with Gasteiger partial charge in [-0.3, -0.25) is 0 Å². The summed E-state index contributed by atoms with van der Waals surface area (Å²) in [6, 6.07) is 165. The molecule has 638 valence electrons. The van der Waals surface area contributed by atoms with E-state index >= 15 is 0 Å². The van der Waals surface area contributed by atoms with E-state index in [0.29, 0.717) is 0 Å². The van der Waals surface area contributed by atoms with E-state index in [4.69, 9.17) is 0 Å². The molecule has 0 aliphatic heterocycles. The Bertz CT molecular complexity index is 9440. The first-order valence-corrected chi connectivity index (χ1v) is 47.3. The van der Waals surface area contributed by atoms with Crippen molar-refractivity contribution in [2.45, 2.75) is 57.8 Å². The largest absolute Gasteiger partial charge is 0.309 e. The van der Waals surface area contributed by atoms with E-state index in [0.717, 1.165) is 11.4 Å². The quantitative estimate of drug-likeness (QED) is 0.145. The maximum absolute atomic E-state index is 2.52. The van der Waals surface area contributed by atoms with Gasteiger partial charge in [0.15, 0.2) is 0 Å². The molecule has 0 amide bonds. The topological polar surface area (TPSA) is 29.6 Å². The Balaban J connectivity index is 0.000000103. The molecule has 0 N–H and O–H groups in total. The van der Waals surface area contributed by atoms with Crippen molar-refractivity contribution in [3.05, 3.63) is 482 Å². The Kier molecular flexibility index (Phi) is 17.1. The van der Waals surface area contributed by atoms with Crippen LogP contribution >= 0.6 is 0 Å². The maximum Gasteiger partial charge on any atom is 0.0641 e. The lowest BCUT2D eigenvalue weighted by Gasteiger charge is -2.22. The number of rotatable bonds is 8. The normalized spacial score (nSPS) is 13.6. The van der Waals surface area contributed by atoms with E-state index in [1.54, 1.807) is 0 Å². The van der Waals surface area contributed by atoms with Crippen LogP contribution in [-0.4, -0.2) is 27.4 Å². The summed E-state index contributed by atoms with van der Waals surface area (Å²) in [4.78, 5) is 0. The number of para-hydroxylation sites is 7. The van der Waals surface area contributed by atoms with E-state index in [1.807, 2.05) is 0 Å². The molecule has 0 bridgehead atoms. The van der Waals surface area contributed by atoms with Crippen LogP contribution in [0.2, 0.25) is 0 Å². The molecule has 3 aliphatic carbocycles. The van der Waals surface area contributed by atoms with E-state index in [1.165, 1.54) is 243 Å². The van der Waals surface area contributed by atoms with Crippen LogP contribution in [0.4, 0.5) is 0 Å². The fraction of sp³-hybridized carbons (Fsp3) is 0.0698. The SMILES string of the molecule is CC1(C)c2ccccc2-c2ccc(-n3c4ccccc4c4ccc5c(c6ccccc6n5-c5ccc(-c6ccccc6)cc5)c43)cc21.CC1(C)c2ccccc2-c2ccc(-n3c4ccccc4c4ccc5c(c6ccccc6n5-c5cccc(-c6ccccc6)c5)c43)cc21.CC1(C)c2ccccc2-c2ccc(-n3c4ccccc4c4ccc5c(c6ccccc6n5-c5ccccc5)c43)cc21. The highest BCUT2D eigenvalue weighted by molar-refractivity contribution is 6.29. The summed E-state index contributed by atoms with van der Waals surface area (Å²) < 4.78 is 14.8. The number of hydrogen-bond donors (Lipinski definition) is 0. The second-order valence-corrected chi connectivity index (χ2v) is 38.5. The van der Waals surface area contributed by atoms with Gasteiger partial charge in [-0.05, 0) is 216 Å². The van der Waals surface area contributed by atoms with Crippen molar-refractivity contribution >= 4 is 131 Å². The molecule has 6 heteroatoms. The van der Waals surface area contributed by atoms with Crippen LogP contribution in [0, 0.1) is 0 Å². The highest BCUT2D eigenvalue weighted by Gasteiger charge is 2.40. The summed E-state index contributed by atoms with van der Waals surface area (Å²) >= 11 is 0. The molecule has 6 heterocycles. The maximum atomic E-state index is 2.52. The molecular weight excluding hydrogens is 1630 g/mol. The standard InChI is InChI=1S/2C45H32N2.C39H28N2/c1-45(2)38-20-9-6-17-33(38)34-24-23-32(28-39(34)45)47-40-21-10-7-18-35(40)36-25-26-42-43(44(36)47)37-19-8-11-22-41(37)46(42)31-16-12-15-30(27-31)29-13-4-3-5-14-29;1-45(2)38-17-9-6-14-33(38)34-25-24-32(28-39(34)45)47-40-18-10-7-15-35(40)36-26-27-42-43(44(36)47)37-16-8-11-19-41(37)46(42)31-22-20-30(21-23-31)29-12-4-3-5-13-29;1-39(2)32-17-9-6-14-27(32)28-21-20-26(24-33(28)39)41-34-18-10-7-15-29(34)30-22-23-36-37(38(30)41)31-16-8-11-19-35(31)40(36)25-12-4-3-5-13-25/h2*3-28H,1-2H3;3-24H,1-2H3. The molecule has 20 aromatic carbocycles. The highest BCUT2D eigenvalue weighted by atomic mass is 15.0. The summed E-state index contributed by atoms with van der Waals surface area (Å²) in [6.45, 7) is 14.2. The molecule has 29 rings (SSSR count). The number of benzene rings is 20. The van der Waals surface area contributed by atoms with Crippen LogP contribution in [0.25, 0.3) is 221 Å². The molecule has 3 aliphatic rings. The lowest BCUT2D eigenvalue weighted by molar-refractivity contribution is 0.660. The Labute approximate surface area is 782 Å². The summed E-state index contributed by atoms with van der Waals surface area (Å²) in [7, 11) is 0. The van der Waals surface area contributed by atoms with Crippen LogP contribution in [0.1, 0.15) is 74.9 Å². The van der Waals surface area contributed by atoms with Crippen molar-refractivity contribution in [3.63, 3.8) is 0 Å². The molecule has 0 saturated heterocycles. The number of aromatic nitrogens is 6. The molecule has 0 radical (unpaired) electrons. The second kappa shape index (κ2) is 29.6. The number of hydrogen-bond acceptors (Lipinski definition) is 0. The monoisotopic (exact) mass is 1720 g/mol. The molecule has 6 nitrogen and oxygen atoms in total. The van der Waals surface area contributed by atoms with Crippen LogP contribution < -0.4 is 0 Å². The van der Waals surface area contributed by atoms with Crippen LogP contribution in [0.15, 0.2) is 449 Å². The Morgan fingerprint density at radius 3 is 0.748 bits per heavy atom. The molecule has 26 aromatic rings. The van der Waals surface area contributed by atoms with Gasteiger partial charge in [-0.1, -0.05) is 363 Å². The van der Waals surface area contributed by atoms with Gasteiger partial charge >= 0.3 is 0 Å². The minimum Gasteiger partial charge on any atom is -0.309 e. The third-order valence-corrected chi connectivity index (χ3v) is 30.3. The molecule has 6 aromatic heterocycles. The van der Waals surface area contributed by atoms with Crippen molar-refractivity contribution in [1.29, 1.82) is 0 Å². The van der Waals surface area contributed by atoms with E-state index in [-0.39, 0.29) is 16.2 Å². The molecule has 0 unspecified atom stereocenters. The molecular formula is C129H92N6. The van der Waals surface area contributed by atoms with Crippen molar-refractivity contribution in [2.24, 2.45) is 0 Å².